The van der Waals surface area contributed by atoms with Gasteiger partial charge in [-0.2, -0.15) is 0 Å². The molecule has 0 saturated carbocycles. The molecule has 4 nitrogen and oxygen atoms in total. The lowest BCUT2D eigenvalue weighted by molar-refractivity contribution is -0.125. The molecule has 0 unspecified atom stereocenters. The second kappa shape index (κ2) is 7.12. The lowest BCUT2D eigenvalue weighted by Gasteiger charge is -2.20. The minimum absolute atomic E-state index is 0.0575. The lowest BCUT2D eigenvalue weighted by Crippen LogP contribution is -2.19. The summed E-state index contributed by atoms with van der Waals surface area (Å²) in [5, 5.41) is 0.147. The standard InChI is InChI=1S/C21H23ClN2O2/c1-21(2,3)15-8-6-14(7-9-15)16(13-24-12-4-5-19(24)25)18-11-10-17(22)20(26)23-18/h6-11,13H,4-5,12H2,1-3H3,(H,23,26)/b16-13-. The van der Waals surface area contributed by atoms with Crippen molar-refractivity contribution >= 4 is 23.1 Å². The van der Waals surface area contributed by atoms with Gasteiger partial charge in [0.15, 0.2) is 0 Å². The van der Waals surface area contributed by atoms with Crippen molar-refractivity contribution in [2.24, 2.45) is 0 Å². The Kier molecular flexibility index (Phi) is 5.05. The van der Waals surface area contributed by atoms with Gasteiger partial charge in [-0.1, -0.05) is 56.6 Å². The first-order chi connectivity index (χ1) is 12.3. The maximum Gasteiger partial charge on any atom is 0.267 e. The summed E-state index contributed by atoms with van der Waals surface area (Å²) in [4.78, 5) is 28.6. The summed E-state index contributed by atoms with van der Waals surface area (Å²) in [6, 6.07) is 11.6. The average Bonchev–Trinajstić information content (AvgIpc) is 2.99. The first-order valence-electron chi connectivity index (χ1n) is 8.77. The third-order valence-electron chi connectivity index (χ3n) is 4.61. The van der Waals surface area contributed by atoms with Crippen molar-refractivity contribution in [2.45, 2.75) is 39.0 Å². The number of carbonyl (C=O) groups excluding carboxylic acids is 1. The first-order valence-corrected chi connectivity index (χ1v) is 9.15. The highest BCUT2D eigenvalue weighted by Gasteiger charge is 2.20. The molecule has 5 heteroatoms. The van der Waals surface area contributed by atoms with E-state index in [9.17, 15) is 9.59 Å². The topological polar surface area (TPSA) is 53.2 Å². The molecule has 136 valence electrons. The Morgan fingerprint density at radius 2 is 1.81 bits per heavy atom. The molecule has 0 bridgehead atoms. The number of rotatable bonds is 3. The number of aromatic amines is 1. The Morgan fingerprint density at radius 1 is 1.12 bits per heavy atom. The van der Waals surface area contributed by atoms with Crippen LogP contribution in [0.4, 0.5) is 0 Å². The molecule has 2 heterocycles. The van der Waals surface area contributed by atoms with Gasteiger partial charge < -0.3 is 9.88 Å². The van der Waals surface area contributed by atoms with E-state index in [0.29, 0.717) is 18.7 Å². The van der Waals surface area contributed by atoms with E-state index in [-0.39, 0.29) is 21.9 Å². The van der Waals surface area contributed by atoms with Crippen molar-refractivity contribution in [2.75, 3.05) is 6.54 Å². The van der Waals surface area contributed by atoms with Gasteiger partial charge in [-0.25, -0.2) is 0 Å². The highest BCUT2D eigenvalue weighted by molar-refractivity contribution is 6.30. The SMILES string of the molecule is CC(C)(C)c1ccc(/C(=C/N2CCCC2=O)c2ccc(Cl)c(=O)[nH]2)cc1. The van der Waals surface area contributed by atoms with Crippen LogP contribution in [0.3, 0.4) is 0 Å². The molecule has 1 aliphatic heterocycles. The molecule has 3 rings (SSSR count). The van der Waals surface area contributed by atoms with E-state index in [4.69, 9.17) is 11.6 Å². The molecule has 1 N–H and O–H groups in total. The van der Waals surface area contributed by atoms with Gasteiger partial charge in [0.25, 0.3) is 5.56 Å². The molecule has 2 aromatic rings. The minimum Gasteiger partial charge on any atom is -0.321 e. The Hall–Kier alpha value is -2.33. The molecular weight excluding hydrogens is 348 g/mol. The zero-order valence-electron chi connectivity index (χ0n) is 15.3. The van der Waals surface area contributed by atoms with Gasteiger partial charge in [0, 0.05) is 24.7 Å². The Balaban J connectivity index is 2.08. The van der Waals surface area contributed by atoms with Crippen molar-refractivity contribution in [3.05, 3.63) is 74.8 Å². The van der Waals surface area contributed by atoms with E-state index in [1.165, 1.54) is 5.56 Å². The summed E-state index contributed by atoms with van der Waals surface area (Å²) in [5.41, 5.74) is 3.33. The molecule has 0 spiro atoms. The summed E-state index contributed by atoms with van der Waals surface area (Å²) >= 11 is 5.87. The predicted molar refractivity (Wildman–Crippen MR) is 105 cm³/mol. The smallest absolute Gasteiger partial charge is 0.267 e. The van der Waals surface area contributed by atoms with E-state index in [2.05, 4.69) is 37.9 Å². The normalized spacial score (nSPS) is 15.6. The Bertz CT molecular complexity index is 905. The maximum atomic E-state index is 12.1. The lowest BCUT2D eigenvalue weighted by atomic mass is 9.86. The number of halogens is 1. The number of amides is 1. The summed E-state index contributed by atoms with van der Waals surface area (Å²) in [6.07, 6.45) is 3.24. The number of nitrogens with zero attached hydrogens (tertiary/aromatic N) is 1. The number of aromatic nitrogens is 1. The van der Waals surface area contributed by atoms with Gasteiger partial charge in [-0.15, -0.1) is 0 Å². The van der Waals surface area contributed by atoms with E-state index < -0.39 is 0 Å². The highest BCUT2D eigenvalue weighted by Crippen LogP contribution is 2.28. The number of benzene rings is 1. The van der Waals surface area contributed by atoms with E-state index in [1.807, 2.05) is 18.3 Å². The zero-order valence-corrected chi connectivity index (χ0v) is 16.1. The summed E-state index contributed by atoms with van der Waals surface area (Å²) < 4.78 is 0. The van der Waals surface area contributed by atoms with Crippen molar-refractivity contribution in [3.8, 4) is 0 Å². The average molecular weight is 371 g/mol. The number of H-pyrrole nitrogens is 1. The van der Waals surface area contributed by atoms with Crippen LogP contribution in [0, 0.1) is 0 Å². The molecule has 1 aromatic carbocycles. The van der Waals surface area contributed by atoms with E-state index in [0.717, 1.165) is 17.6 Å². The van der Waals surface area contributed by atoms with Crippen LogP contribution in [0.5, 0.6) is 0 Å². The van der Waals surface area contributed by atoms with Crippen LogP contribution in [0.1, 0.15) is 50.4 Å². The van der Waals surface area contributed by atoms with Crippen LogP contribution in [0.2, 0.25) is 5.02 Å². The molecule has 1 fully saturated rings. The molecule has 1 saturated heterocycles. The van der Waals surface area contributed by atoms with Crippen LogP contribution < -0.4 is 5.56 Å². The molecule has 0 atom stereocenters. The van der Waals surface area contributed by atoms with Gasteiger partial charge in [0.2, 0.25) is 5.91 Å². The molecule has 0 aliphatic carbocycles. The predicted octanol–water partition coefficient (Wildman–Crippen LogP) is 4.34. The monoisotopic (exact) mass is 370 g/mol. The maximum absolute atomic E-state index is 12.1. The van der Waals surface area contributed by atoms with Gasteiger partial charge >= 0.3 is 0 Å². The molecular formula is C21H23ClN2O2. The number of likely N-dealkylation sites (tertiary alicyclic amines) is 1. The Labute approximate surface area is 158 Å². The van der Waals surface area contributed by atoms with Crippen LogP contribution in [-0.2, 0) is 10.2 Å². The summed E-state index contributed by atoms with van der Waals surface area (Å²) in [6.45, 7) is 7.19. The third-order valence-corrected chi connectivity index (χ3v) is 4.91. The van der Waals surface area contributed by atoms with Crippen molar-refractivity contribution < 1.29 is 4.79 Å². The summed E-state index contributed by atoms with van der Waals surface area (Å²) in [5.74, 6) is 0.102. The molecule has 0 radical (unpaired) electrons. The van der Waals surface area contributed by atoms with E-state index >= 15 is 0 Å². The largest absolute Gasteiger partial charge is 0.321 e. The van der Waals surface area contributed by atoms with Crippen molar-refractivity contribution in [3.63, 3.8) is 0 Å². The first kappa shape index (κ1) is 18.5. The van der Waals surface area contributed by atoms with Crippen LogP contribution in [-0.4, -0.2) is 22.3 Å². The fourth-order valence-corrected chi connectivity index (χ4v) is 3.13. The second-order valence-electron chi connectivity index (χ2n) is 7.61. The zero-order chi connectivity index (χ0) is 18.9. The highest BCUT2D eigenvalue weighted by atomic mass is 35.5. The minimum atomic E-state index is -0.339. The second-order valence-corrected chi connectivity index (χ2v) is 8.02. The fraction of sp³-hybridized carbons (Fsp3) is 0.333. The van der Waals surface area contributed by atoms with Crippen LogP contribution in [0.25, 0.3) is 5.57 Å². The number of hydrogen-bond acceptors (Lipinski definition) is 2. The Morgan fingerprint density at radius 3 is 2.35 bits per heavy atom. The van der Waals surface area contributed by atoms with Crippen molar-refractivity contribution in [1.82, 2.24) is 9.88 Å². The quantitative estimate of drug-likeness (QED) is 0.873. The fourth-order valence-electron chi connectivity index (χ4n) is 3.02. The van der Waals surface area contributed by atoms with Gasteiger partial charge in [-0.3, -0.25) is 9.59 Å². The van der Waals surface area contributed by atoms with Gasteiger partial charge in [0.1, 0.15) is 5.02 Å². The number of nitrogens with one attached hydrogen (secondary N) is 1. The van der Waals surface area contributed by atoms with Crippen LogP contribution >= 0.6 is 11.6 Å². The van der Waals surface area contributed by atoms with E-state index in [1.54, 1.807) is 17.0 Å². The van der Waals surface area contributed by atoms with Crippen LogP contribution in [0.15, 0.2) is 47.4 Å². The number of hydrogen-bond donors (Lipinski definition) is 1. The number of carbonyl (C=O) groups is 1. The number of pyridine rings is 1. The van der Waals surface area contributed by atoms with Crippen molar-refractivity contribution in [1.29, 1.82) is 0 Å². The molecule has 26 heavy (non-hydrogen) atoms. The molecule has 1 aromatic heterocycles. The third kappa shape index (κ3) is 3.91. The van der Waals surface area contributed by atoms with Gasteiger partial charge in [0.05, 0.1) is 5.69 Å². The molecule has 1 aliphatic rings. The van der Waals surface area contributed by atoms with Gasteiger partial charge in [-0.05, 0) is 35.1 Å². The summed E-state index contributed by atoms with van der Waals surface area (Å²) in [7, 11) is 0. The molecule has 1 amide bonds.